The number of aromatic nitrogens is 2. The summed E-state index contributed by atoms with van der Waals surface area (Å²) in [5.41, 5.74) is -0.331. The van der Waals surface area contributed by atoms with Crippen LogP contribution in [0.1, 0.15) is 19.8 Å². The van der Waals surface area contributed by atoms with Gasteiger partial charge in [-0.05, 0) is 62.2 Å². The molecule has 45 heavy (non-hydrogen) atoms. The second-order valence-electron chi connectivity index (χ2n) is 10.3. The Labute approximate surface area is 257 Å². The highest BCUT2D eigenvalue weighted by Crippen LogP contribution is 2.47. The van der Waals surface area contributed by atoms with Gasteiger partial charge in [-0.15, -0.1) is 0 Å². The third-order valence-corrected chi connectivity index (χ3v) is 7.34. The fourth-order valence-electron chi connectivity index (χ4n) is 4.55. The first kappa shape index (κ1) is 31.3. The number of halogens is 2. The maximum Gasteiger partial charge on any atom is 0.260 e. The number of benzene rings is 2. The standard InChI is InChI=1S/C32H31F2N5O6/c1-3-39(14-15-43-2)29(40)19-44-28-17-25-23(18-36-28)26(10-13-35-25)45-27-9-8-22(16-24(27)34)38-31(42)32(11-12-32)30(41)37-21-6-4-20(33)5-7-21/h4-10,13,16-18H,3,11-12,14-15,19H2,1-2H3,(H,37,41)(H,38,42). The Morgan fingerprint density at radius 2 is 1.64 bits per heavy atom. The number of carbonyl (C=O) groups excluding carboxylic acids is 3. The summed E-state index contributed by atoms with van der Waals surface area (Å²) in [5, 5.41) is 5.71. The maximum atomic E-state index is 15.1. The lowest BCUT2D eigenvalue weighted by atomic mass is 10.0. The molecule has 3 amide bonds. The Bertz CT molecular complexity index is 1710. The Morgan fingerprint density at radius 1 is 0.933 bits per heavy atom. The van der Waals surface area contributed by atoms with Gasteiger partial charge in [-0.3, -0.25) is 19.4 Å². The predicted molar refractivity (Wildman–Crippen MR) is 161 cm³/mol. The summed E-state index contributed by atoms with van der Waals surface area (Å²) in [7, 11) is 1.56. The smallest absolute Gasteiger partial charge is 0.260 e. The third kappa shape index (κ3) is 7.32. The number of hydrogen-bond acceptors (Lipinski definition) is 8. The number of hydrogen-bond donors (Lipinski definition) is 2. The lowest BCUT2D eigenvalue weighted by Gasteiger charge is -2.20. The van der Waals surface area contributed by atoms with Crippen LogP contribution in [-0.4, -0.2) is 66.0 Å². The Hall–Kier alpha value is -5.17. The Balaban J connectivity index is 1.22. The van der Waals surface area contributed by atoms with Crippen molar-refractivity contribution < 1.29 is 37.4 Å². The van der Waals surface area contributed by atoms with Crippen LogP contribution in [-0.2, 0) is 19.1 Å². The number of fused-ring (bicyclic) bond motifs is 1. The monoisotopic (exact) mass is 619 g/mol. The normalized spacial score (nSPS) is 13.2. The van der Waals surface area contributed by atoms with Crippen LogP contribution in [0, 0.1) is 17.0 Å². The van der Waals surface area contributed by atoms with E-state index < -0.39 is 28.9 Å². The van der Waals surface area contributed by atoms with Crippen LogP contribution in [0.15, 0.2) is 67.0 Å². The molecule has 0 saturated heterocycles. The predicted octanol–water partition coefficient (Wildman–Crippen LogP) is 4.93. The molecule has 5 rings (SSSR count). The molecule has 4 aromatic rings. The highest BCUT2D eigenvalue weighted by atomic mass is 19.1. The number of carbonyl (C=O) groups is 3. The molecular weight excluding hydrogens is 588 g/mol. The molecule has 2 heterocycles. The van der Waals surface area contributed by atoms with Crippen LogP contribution in [0.5, 0.6) is 17.4 Å². The third-order valence-electron chi connectivity index (χ3n) is 7.34. The van der Waals surface area contributed by atoms with Crippen molar-refractivity contribution in [3.8, 4) is 17.4 Å². The molecular formula is C32H31F2N5O6. The SMILES string of the molecule is CCN(CCOC)C(=O)COc1cc2nccc(Oc3ccc(NC(=O)C4(C(=O)Nc5ccc(F)cc5)CC4)cc3F)c2cn1. The van der Waals surface area contributed by atoms with E-state index in [1.54, 1.807) is 24.1 Å². The first-order valence-corrected chi connectivity index (χ1v) is 14.2. The number of amides is 3. The number of anilines is 2. The average molecular weight is 620 g/mol. The molecule has 234 valence electrons. The fraction of sp³-hybridized carbons (Fsp3) is 0.281. The quantitative estimate of drug-likeness (QED) is 0.202. The van der Waals surface area contributed by atoms with E-state index in [2.05, 4.69) is 20.6 Å². The molecule has 0 unspecified atom stereocenters. The largest absolute Gasteiger partial charge is 0.467 e. The van der Waals surface area contributed by atoms with E-state index in [-0.39, 0.29) is 35.6 Å². The fourth-order valence-corrected chi connectivity index (χ4v) is 4.55. The lowest BCUT2D eigenvalue weighted by Crippen LogP contribution is -2.37. The molecule has 0 spiro atoms. The molecule has 1 aliphatic carbocycles. The average Bonchev–Trinajstić information content (AvgIpc) is 3.85. The molecule has 11 nitrogen and oxygen atoms in total. The van der Waals surface area contributed by atoms with Crippen molar-refractivity contribution in [1.29, 1.82) is 0 Å². The van der Waals surface area contributed by atoms with Crippen molar-refractivity contribution in [2.45, 2.75) is 19.8 Å². The Morgan fingerprint density at radius 3 is 2.31 bits per heavy atom. The minimum atomic E-state index is -1.29. The first-order chi connectivity index (χ1) is 21.7. The summed E-state index contributed by atoms with van der Waals surface area (Å²) in [5.74, 6) is -2.15. The number of methoxy groups -OCH3 is 1. The van der Waals surface area contributed by atoms with Crippen molar-refractivity contribution in [2.75, 3.05) is 44.0 Å². The van der Waals surface area contributed by atoms with E-state index >= 15 is 4.39 Å². The number of nitrogens with one attached hydrogen (secondary N) is 2. The minimum Gasteiger partial charge on any atom is -0.467 e. The molecule has 1 saturated carbocycles. The van der Waals surface area contributed by atoms with Gasteiger partial charge in [-0.2, -0.15) is 0 Å². The summed E-state index contributed by atoms with van der Waals surface area (Å²) in [4.78, 5) is 48.4. The zero-order chi connectivity index (χ0) is 32.0. The zero-order valence-electron chi connectivity index (χ0n) is 24.6. The topological polar surface area (TPSA) is 132 Å². The van der Waals surface area contributed by atoms with Crippen molar-refractivity contribution in [1.82, 2.24) is 14.9 Å². The van der Waals surface area contributed by atoms with Gasteiger partial charge in [-0.25, -0.2) is 13.8 Å². The van der Waals surface area contributed by atoms with Crippen molar-refractivity contribution in [3.05, 3.63) is 78.6 Å². The summed E-state index contributed by atoms with van der Waals surface area (Å²) in [6.45, 7) is 3.03. The number of pyridine rings is 2. The number of likely N-dealkylation sites (N-methyl/N-ethyl adjacent to an activating group) is 1. The van der Waals surface area contributed by atoms with Gasteiger partial charge < -0.3 is 29.7 Å². The number of ether oxygens (including phenoxy) is 3. The summed E-state index contributed by atoms with van der Waals surface area (Å²) in [6.07, 6.45) is 3.59. The van der Waals surface area contributed by atoms with Crippen molar-refractivity contribution in [2.24, 2.45) is 5.41 Å². The van der Waals surface area contributed by atoms with E-state index in [0.29, 0.717) is 49.1 Å². The van der Waals surface area contributed by atoms with Gasteiger partial charge in [0.25, 0.3) is 5.91 Å². The molecule has 1 aliphatic rings. The number of rotatable bonds is 13. The summed E-state index contributed by atoms with van der Waals surface area (Å²) in [6, 6.07) is 12.2. The van der Waals surface area contributed by atoms with Gasteiger partial charge in [0.05, 0.1) is 17.5 Å². The molecule has 2 aromatic carbocycles. The summed E-state index contributed by atoms with van der Waals surface area (Å²) < 4.78 is 44.7. The second-order valence-corrected chi connectivity index (χ2v) is 10.3. The molecule has 0 bridgehead atoms. The summed E-state index contributed by atoms with van der Waals surface area (Å²) >= 11 is 0. The molecule has 1 fully saturated rings. The van der Waals surface area contributed by atoms with Gasteiger partial charge in [-0.1, -0.05) is 0 Å². The minimum absolute atomic E-state index is 0.114. The van der Waals surface area contributed by atoms with Crippen LogP contribution in [0.3, 0.4) is 0 Å². The van der Waals surface area contributed by atoms with E-state index in [1.165, 1.54) is 48.8 Å². The van der Waals surface area contributed by atoms with Crippen LogP contribution in [0.2, 0.25) is 0 Å². The number of nitrogens with zero attached hydrogens (tertiary/aromatic N) is 3. The molecule has 2 N–H and O–H groups in total. The molecule has 2 aromatic heterocycles. The van der Waals surface area contributed by atoms with E-state index in [9.17, 15) is 18.8 Å². The van der Waals surface area contributed by atoms with Gasteiger partial charge >= 0.3 is 0 Å². The molecule has 0 radical (unpaired) electrons. The van der Waals surface area contributed by atoms with E-state index in [0.717, 1.165) is 6.07 Å². The highest BCUT2D eigenvalue weighted by Gasteiger charge is 2.56. The highest BCUT2D eigenvalue weighted by molar-refractivity contribution is 6.16. The maximum absolute atomic E-state index is 15.1. The first-order valence-electron chi connectivity index (χ1n) is 14.2. The second kappa shape index (κ2) is 13.6. The Kier molecular flexibility index (Phi) is 9.48. The van der Waals surface area contributed by atoms with Crippen LogP contribution < -0.4 is 20.1 Å². The van der Waals surface area contributed by atoms with E-state index in [1.807, 2.05) is 6.92 Å². The van der Waals surface area contributed by atoms with Crippen LogP contribution in [0.4, 0.5) is 20.2 Å². The van der Waals surface area contributed by atoms with Crippen LogP contribution >= 0.6 is 0 Å². The zero-order valence-corrected chi connectivity index (χ0v) is 24.6. The lowest BCUT2D eigenvalue weighted by molar-refractivity contribution is -0.134. The van der Waals surface area contributed by atoms with Gasteiger partial charge in [0, 0.05) is 56.1 Å². The van der Waals surface area contributed by atoms with Gasteiger partial charge in [0.2, 0.25) is 17.7 Å². The molecule has 0 atom stereocenters. The van der Waals surface area contributed by atoms with Gasteiger partial charge in [0.1, 0.15) is 17.0 Å². The molecule has 13 heteroatoms. The molecule has 0 aliphatic heterocycles. The van der Waals surface area contributed by atoms with E-state index in [4.69, 9.17) is 14.2 Å². The van der Waals surface area contributed by atoms with Gasteiger partial charge in [0.15, 0.2) is 18.2 Å². The van der Waals surface area contributed by atoms with Crippen LogP contribution in [0.25, 0.3) is 10.9 Å². The van der Waals surface area contributed by atoms with Crippen molar-refractivity contribution >= 4 is 40.0 Å². The van der Waals surface area contributed by atoms with Crippen molar-refractivity contribution in [3.63, 3.8) is 0 Å².